The fourth-order valence-electron chi connectivity index (χ4n) is 1.96. The molecule has 0 spiro atoms. The molecule has 80 valence electrons. The largest absolute Gasteiger partial charge is 0.409 e. The number of nitrogens with zero attached hydrogens (tertiary/aromatic N) is 2. The lowest BCUT2D eigenvalue weighted by atomic mass is 10.2. The highest BCUT2D eigenvalue weighted by Gasteiger charge is 2.35. The van der Waals surface area contributed by atoms with Crippen LogP contribution in [0.5, 0.6) is 0 Å². The van der Waals surface area contributed by atoms with Gasteiger partial charge in [-0.25, -0.2) is 0 Å². The van der Waals surface area contributed by atoms with Crippen LogP contribution in [0.4, 0.5) is 0 Å². The van der Waals surface area contributed by atoms with Crippen molar-refractivity contribution in [2.24, 2.45) is 10.9 Å². The van der Waals surface area contributed by atoms with Crippen molar-refractivity contribution in [3.8, 4) is 0 Å². The lowest BCUT2D eigenvalue weighted by Crippen LogP contribution is -2.42. The van der Waals surface area contributed by atoms with Crippen molar-refractivity contribution in [2.75, 3.05) is 18.1 Å². The van der Waals surface area contributed by atoms with Crippen LogP contribution in [0.15, 0.2) is 5.16 Å². The minimum absolute atomic E-state index is 0.341. The monoisotopic (exact) mass is 215 g/mol. The first-order valence-electron chi connectivity index (χ1n) is 5.11. The quantitative estimate of drug-likeness (QED) is 0.314. The summed E-state index contributed by atoms with van der Waals surface area (Å²) < 4.78 is 0. The van der Waals surface area contributed by atoms with Crippen LogP contribution in [-0.2, 0) is 0 Å². The molecule has 14 heavy (non-hydrogen) atoms. The molecule has 0 radical (unpaired) electrons. The van der Waals surface area contributed by atoms with E-state index < -0.39 is 0 Å². The standard InChI is InChI=1S/C9H17N3OS/c10-9(11-13)5-12(7-1-2-7)8-3-4-14-6-8/h7-8,13H,1-6H2,(H2,10,11)/t8-/m0/s1. The number of nitrogens with two attached hydrogens (primary N) is 1. The Morgan fingerprint density at radius 3 is 2.71 bits per heavy atom. The molecule has 2 fully saturated rings. The smallest absolute Gasteiger partial charge is 0.153 e. The Labute approximate surface area is 88.5 Å². The van der Waals surface area contributed by atoms with Crippen LogP contribution in [0.1, 0.15) is 19.3 Å². The van der Waals surface area contributed by atoms with Gasteiger partial charge in [0.05, 0.1) is 6.54 Å². The second-order valence-electron chi connectivity index (χ2n) is 4.01. The molecule has 0 aromatic heterocycles. The number of amidine groups is 1. The molecule has 1 heterocycles. The summed E-state index contributed by atoms with van der Waals surface area (Å²) in [6, 6.07) is 1.34. The molecule has 0 amide bonds. The molecule has 0 aromatic carbocycles. The van der Waals surface area contributed by atoms with E-state index in [0.717, 1.165) is 0 Å². The Morgan fingerprint density at radius 1 is 1.43 bits per heavy atom. The molecule has 2 rings (SSSR count). The van der Waals surface area contributed by atoms with Gasteiger partial charge >= 0.3 is 0 Å². The van der Waals surface area contributed by atoms with Gasteiger partial charge in [-0.15, -0.1) is 0 Å². The first-order valence-corrected chi connectivity index (χ1v) is 6.26. The van der Waals surface area contributed by atoms with Crippen molar-refractivity contribution < 1.29 is 5.21 Å². The van der Waals surface area contributed by atoms with Crippen LogP contribution in [0.3, 0.4) is 0 Å². The van der Waals surface area contributed by atoms with E-state index in [1.54, 1.807) is 0 Å². The highest BCUT2D eigenvalue weighted by molar-refractivity contribution is 7.99. The van der Waals surface area contributed by atoms with E-state index in [1.807, 2.05) is 11.8 Å². The minimum atomic E-state index is 0.341. The lowest BCUT2D eigenvalue weighted by molar-refractivity contribution is 0.227. The predicted molar refractivity (Wildman–Crippen MR) is 58.9 cm³/mol. The fraction of sp³-hybridized carbons (Fsp3) is 0.889. The van der Waals surface area contributed by atoms with E-state index >= 15 is 0 Å². The van der Waals surface area contributed by atoms with E-state index in [1.165, 1.54) is 30.8 Å². The average molecular weight is 215 g/mol. The Kier molecular flexibility index (Phi) is 3.18. The van der Waals surface area contributed by atoms with Crippen LogP contribution in [0.25, 0.3) is 0 Å². The van der Waals surface area contributed by atoms with Gasteiger partial charge in [0.2, 0.25) is 0 Å². The molecule has 4 nitrogen and oxygen atoms in total. The molecule has 0 aromatic rings. The van der Waals surface area contributed by atoms with Crippen molar-refractivity contribution in [3.63, 3.8) is 0 Å². The maximum atomic E-state index is 8.56. The lowest BCUT2D eigenvalue weighted by Gasteiger charge is -2.27. The maximum Gasteiger partial charge on any atom is 0.153 e. The van der Waals surface area contributed by atoms with Crippen molar-refractivity contribution in [1.82, 2.24) is 4.90 Å². The average Bonchev–Trinajstić information content (AvgIpc) is 2.89. The Hall–Kier alpha value is -0.420. The van der Waals surface area contributed by atoms with Gasteiger partial charge in [0, 0.05) is 17.8 Å². The summed E-state index contributed by atoms with van der Waals surface area (Å²) in [5.41, 5.74) is 5.56. The molecule has 5 heteroatoms. The third-order valence-corrected chi connectivity index (χ3v) is 4.01. The van der Waals surface area contributed by atoms with Crippen molar-refractivity contribution in [1.29, 1.82) is 0 Å². The second-order valence-corrected chi connectivity index (χ2v) is 5.16. The summed E-state index contributed by atoms with van der Waals surface area (Å²) in [7, 11) is 0. The number of rotatable bonds is 4. The van der Waals surface area contributed by atoms with Gasteiger partial charge < -0.3 is 10.9 Å². The molecule has 2 aliphatic rings. The van der Waals surface area contributed by atoms with Gasteiger partial charge in [-0.1, -0.05) is 5.16 Å². The van der Waals surface area contributed by atoms with Crippen LogP contribution in [0.2, 0.25) is 0 Å². The van der Waals surface area contributed by atoms with Crippen LogP contribution in [-0.4, -0.2) is 46.1 Å². The van der Waals surface area contributed by atoms with Gasteiger partial charge in [-0.05, 0) is 25.0 Å². The van der Waals surface area contributed by atoms with Crippen molar-refractivity contribution in [3.05, 3.63) is 0 Å². The van der Waals surface area contributed by atoms with Crippen molar-refractivity contribution >= 4 is 17.6 Å². The summed E-state index contributed by atoms with van der Waals surface area (Å²) >= 11 is 2.01. The summed E-state index contributed by atoms with van der Waals surface area (Å²) in [4.78, 5) is 2.41. The first-order chi connectivity index (χ1) is 6.81. The minimum Gasteiger partial charge on any atom is -0.409 e. The van der Waals surface area contributed by atoms with Gasteiger partial charge in [0.15, 0.2) is 5.84 Å². The second kappa shape index (κ2) is 4.40. The van der Waals surface area contributed by atoms with Crippen LogP contribution < -0.4 is 5.73 Å². The predicted octanol–water partition coefficient (Wildman–Crippen LogP) is 0.703. The number of oxime groups is 1. The molecule has 1 aliphatic heterocycles. The Bertz CT molecular complexity index is 224. The molecule has 0 bridgehead atoms. The molecular weight excluding hydrogens is 198 g/mol. The Morgan fingerprint density at radius 2 is 2.21 bits per heavy atom. The Balaban J connectivity index is 1.92. The van der Waals surface area contributed by atoms with Crippen LogP contribution >= 0.6 is 11.8 Å². The highest BCUT2D eigenvalue weighted by Crippen LogP contribution is 2.33. The zero-order chi connectivity index (χ0) is 9.97. The maximum absolute atomic E-state index is 8.56. The molecule has 1 aliphatic carbocycles. The highest BCUT2D eigenvalue weighted by atomic mass is 32.2. The van der Waals surface area contributed by atoms with Gasteiger partial charge in [0.1, 0.15) is 0 Å². The summed E-state index contributed by atoms with van der Waals surface area (Å²) in [5, 5.41) is 11.6. The molecular formula is C9H17N3OS. The SMILES string of the molecule is NC(CN(C1CC1)[C@H]1CCSC1)=NO. The molecule has 1 saturated carbocycles. The normalized spacial score (nSPS) is 28.6. The number of hydrogen-bond donors (Lipinski definition) is 2. The third-order valence-electron chi connectivity index (χ3n) is 2.86. The summed E-state index contributed by atoms with van der Waals surface area (Å²) in [6.07, 6.45) is 3.81. The summed E-state index contributed by atoms with van der Waals surface area (Å²) in [5.74, 6) is 2.80. The fourth-order valence-corrected chi connectivity index (χ4v) is 3.20. The van der Waals surface area contributed by atoms with E-state index in [2.05, 4.69) is 10.1 Å². The number of thioether (sulfide) groups is 1. The molecule has 0 unspecified atom stereocenters. The third kappa shape index (κ3) is 2.33. The first kappa shape index (κ1) is 10.1. The van der Waals surface area contributed by atoms with E-state index in [4.69, 9.17) is 10.9 Å². The molecule has 3 N–H and O–H groups in total. The van der Waals surface area contributed by atoms with E-state index in [-0.39, 0.29) is 0 Å². The zero-order valence-corrected chi connectivity index (χ0v) is 9.04. The van der Waals surface area contributed by atoms with Gasteiger partial charge in [0.25, 0.3) is 0 Å². The topological polar surface area (TPSA) is 61.8 Å². The van der Waals surface area contributed by atoms with Crippen LogP contribution in [0, 0.1) is 0 Å². The van der Waals surface area contributed by atoms with Gasteiger partial charge in [-0.3, -0.25) is 4.90 Å². The molecule has 1 atom stereocenters. The van der Waals surface area contributed by atoms with Crippen molar-refractivity contribution in [2.45, 2.75) is 31.3 Å². The van der Waals surface area contributed by atoms with Gasteiger partial charge in [-0.2, -0.15) is 11.8 Å². The zero-order valence-electron chi connectivity index (χ0n) is 8.22. The van der Waals surface area contributed by atoms with E-state index in [9.17, 15) is 0 Å². The molecule has 1 saturated heterocycles. The summed E-state index contributed by atoms with van der Waals surface area (Å²) in [6.45, 7) is 0.631. The van der Waals surface area contributed by atoms with E-state index in [0.29, 0.717) is 24.5 Å². The number of hydrogen-bond acceptors (Lipinski definition) is 4.